The van der Waals surface area contributed by atoms with E-state index in [1.807, 2.05) is 24.0 Å². The minimum absolute atomic E-state index is 0.162. The molecular formula is C11H20N4O. The first-order valence-corrected chi connectivity index (χ1v) is 5.86. The topological polar surface area (TPSA) is 65.1 Å². The van der Waals surface area contributed by atoms with Crippen LogP contribution < -0.4 is 11.3 Å². The molecule has 2 rings (SSSR count). The maximum atomic E-state index is 5.73. The van der Waals surface area contributed by atoms with Crippen molar-refractivity contribution < 1.29 is 4.74 Å². The highest BCUT2D eigenvalue weighted by molar-refractivity contribution is 5.02. The minimum Gasteiger partial charge on any atom is -0.377 e. The Morgan fingerprint density at radius 1 is 1.69 bits per heavy atom. The molecule has 1 aromatic heterocycles. The van der Waals surface area contributed by atoms with Crippen molar-refractivity contribution in [1.29, 1.82) is 0 Å². The van der Waals surface area contributed by atoms with Gasteiger partial charge in [0, 0.05) is 26.3 Å². The van der Waals surface area contributed by atoms with Crippen molar-refractivity contribution in [2.45, 2.75) is 37.8 Å². The van der Waals surface area contributed by atoms with Crippen LogP contribution in [0.25, 0.3) is 0 Å². The lowest BCUT2D eigenvalue weighted by atomic mass is 9.99. The summed E-state index contributed by atoms with van der Waals surface area (Å²) >= 11 is 0. The Balaban J connectivity index is 1.94. The summed E-state index contributed by atoms with van der Waals surface area (Å²) in [4.78, 5) is 0. The molecule has 0 amide bonds. The smallest absolute Gasteiger partial charge is 0.0745 e. The van der Waals surface area contributed by atoms with E-state index in [1.54, 1.807) is 0 Å². The van der Waals surface area contributed by atoms with Crippen LogP contribution >= 0.6 is 0 Å². The third-order valence-electron chi connectivity index (χ3n) is 3.08. The van der Waals surface area contributed by atoms with Gasteiger partial charge in [-0.1, -0.05) is 0 Å². The van der Waals surface area contributed by atoms with Crippen LogP contribution in [0.2, 0.25) is 0 Å². The molecule has 2 unspecified atom stereocenters. The largest absolute Gasteiger partial charge is 0.377 e. The van der Waals surface area contributed by atoms with Crippen LogP contribution in [-0.4, -0.2) is 28.5 Å². The Morgan fingerprint density at radius 2 is 2.56 bits per heavy atom. The highest BCUT2D eigenvalue weighted by Gasteiger charge is 2.24. The van der Waals surface area contributed by atoms with Crippen LogP contribution in [0.3, 0.4) is 0 Å². The second kappa shape index (κ2) is 5.43. The summed E-state index contributed by atoms with van der Waals surface area (Å²) in [6, 6.07) is 2.18. The third-order valence-corrected chi connectivity index (χ3v) is 3.08. The standard InChI is InChI=1S/C11H20N4O/c1-15-6-5-9(14-15)8-10(13-12)11-4-2-3-7-16-11/h5-6,10-11,13H,2-4,7-8,12H2,1H3. The maximum Gasteiger partial charge on any atom is 0.0745 e. The van der Waals surface area contributed by atoms with Crippen LogP contribution in [0, 0.1) is 0 Å². The lowest BCUT2D eigenvalue weighted by molar-refractivity contribution is -0.00764. The molecular weight excluding hydrogens is 204 g/mol. The van der Waals surface area contributed by atoms with Gasteiger partial charge in [0.25, 0.3) is 0 Å². The quantitative estimate of drug-likeness (QED) is 0.572. The summed E-state index contributed by atoms with van der Waals surface area (Å²) in [7, 11) is 1.92. The monoisotopic (exact) mass is 224 g/mol. The Kier molecular flexibility index (Phi) is 3.93. The van der Waals surface area contributed by atoms with Gasteiger partial charge in [-0.2, -0.15) is 5.10 Å². The highest BCUT2D eigenvalue weighted by atomic mass is 16.5. The lowest BCUT2D eigenvalue weighted by Crippen LogP contribution is -2.47. The molecule has 3 N–H and O–H groups in total. The number of aromatic nitrogens is 2. The summed E-state index contributed by atoms with van der Waals surface area (Å²) in [6.45, 7) is 0.852. The van der Waals surface area contributed by atoms with Crippen LogP contribution in [0.1, 0.15) is 25.0 Å². The Morgan fingerprint density at radius 3 is 3.12 bits per heavy atom. The van der Waals surface area contributed by atoms with E-state index in [4.69, 9.17) is 10.6 Å². The summed E-state index contributed by atoms with van der Waals surface area (Å²) in [5.41, 5.74) is 3.91. The van der Waals surface area contributed by atoms with Crippen LogP contribution in [-0.2, 0) is 18.2 Å². The average Bonchev–Trinajstić information content (AvgIpc) is 2.73. The molecule has 1 fully saturated rings. The van der Waals surface area contributed by atoms with Gasteiger partial charge in [0.05, 0.1) is 17.8 Å². The molecule has 2 heterocycles. The van der Waals surface area contributed by atoms with Crippen molar-refractivity contribution in [3.63, 3.8) is 0 Å². The van der Waals surface area contributed by atoms with Crippen LogP contribution in [0.5, 0.6) is 0 Å². The molecule has 1 saturated heterocycles. The summed E-state index contributed by atoms with van der Waals surface area (Å²) in [6.07, 6.45) is 6.47. The highest BCUT2D eigenvalue weighted by Crippen LogP contribution is 2.17. The van der Waals surface area contributed by atoms with Gasteiger partial charge in [-0.05, 0) is 25.3 Å². The predicted molar refractivity (Wildman–Crippen MR) is 61.6 cm³/mol. The zero-order chi connectivity index (χ0) is 11.4. The Bertz CT molecular complexity index is 320. The summed E-state index contributed by atoms with van der Waals surface area (Å²) in [5, 5.41) is 4.36. The lowest BCUT2D eigenvalue weighted by Gasteiger charge is -2.29. The van der Waals surface area contributed by atoms with Gasteiger partial charge in [-0.3, -0.25) is 16.0 Å². The molecule has 5 heteroatoms. The van der Waals surface area contributed by atoms with E-state index in [0.717, 1.165) is 31.6 Å². The molecule has 0 aliphatic carbocycles. The number of nitrogens with two attached hydrogens (primary N) is 1. The molecule has 90 valence electrons. The zero-order valence-corrected chi connectivity index (χ0v) is 9.72. The fourth-order valence-corrected chi connectivity index (χ4v) is 2.18. The van der Waals surface area contributed by atoms with Crippen molar-refractivity contribution in [3.8, 4) is 0 Å². The predicted octanol–water partition coefficient (Wildman–Crippen LogP) is 0.364. The number of rotatable bonds is 4. The molecule has 0 aromatic carbocycles. The number of aryl methyl sites for hydroxylation is 1. The first kappa shape index (κ1) is 11.6. The number of hydrazine groups is 1. The number of nitrogens with one attached hydrogen (secondary N) is 1. The molecule has 0 radical (unpaired) electrons. The summed E-state index contributed by atoms with van der Waals surface area (Å²) in [5.74, 6) is 5.59. The number of ether oxygens (including phenoxy) is 1. The van der Waals surface area contributed by atoms with Gasteiger partial charge in [0.2, 0.25) is 0 Å². The van der Waals surface area contributed by atoms with Gasteiger partial charge in [0.1, 0.15) is 0 Å². The Hall–Kier alpha value is -0.910. The second-order valence-electron chi connectivity index (χ2n) is 4.36. The van der Waals surface area contributed by atoms with Crippen LogP contribution in [0.15, 0.2) is 12.3 Å². The molecule has 0 bridgehead atoms. The van der Waals surface area contributed by atoms with Crippen molar-refractivity contribution in [2.75, 3.05) is 6.61 Å². The van der Waals surface area contributed by atoms with Gasteiger partial charge in [-0.25, -0.2) is 0 Å². The van der Waals surface area contributed by atoms with E-state index in [1.165, 1.54) is 6.42 Å². The summed E-state index contributed by atoms with van der Waals surface area (Å²) < 4.78 is 7.54. The van der Waals surface area contributed by atoms with E-state index in [-0.39, 0.29) is 12.1 Å². The van der Waals surface area contributed by atoms with Gasteiger partial charge < -0.3 is 4.74 Å². The molecule has 5 nitrogen and oxygen atoms in total. The van der Waals surface area contributed by atoms with E-state index in [2.05, 4.69) is 10.5 Å². The Labute approximate surface area is 95.9 Å². The van der Waals surface area contributed by atoms with Crippen LogP contribution in [0.4, 0.5) is 0 Å². The molecule has 1 aromatic rings. The van der Waals surface area contributed by atoms with Crippen molar-refractivity contribution in [1.82, 2.24) is 15.2 Å². The molecule has 2 atom stereocenters. The van der Waals surface area contributed by atoms with Gasteiger partial charge in [-0.15, -0.1) is 0 Å². The third kappa shape index (κ3) is 2.81. The fraction of sp³-hybridized carbons (Fsp3) is 0.727. The number of hydrogen-bond donors (Lipinski definition) is 2. The molecule has 1 aliphatic rings. The minimum atomic E-state index is 0.162. The molecule has 0 saturated carbocycles. The SMILES string of the molecule is Cn1ccc(CC(NN)C2CCCCO2)n1. The van der Waals surface area contributed by atoms with Crippen molar-refractivity contribution in [3.05, 3.63) is 18.0 Å². The van der Waals surface area contributed by atoms with Gasteiger partial charge >= 0.3 is 0 Å². The van der Waals surface area contributed by atoms with E-state index in [9.17, 15) is 0 Å². The van der Waals surface area contributed by atoms with E-state index >= 15 is 0 Å². The molecule has 0 spiro atoms. The molecule has 16 heavy (non-hydrogen) atoms. The van der Waals surface area contributed by atoms with E-state index < -0.39 is 0 Å². The second-order valence-corrected chi connectivity index (χ2v) is 4.36. The molecule has 1 aliphatic heterocycles. The maximum absolute atomic E-state index is 5.73. The number of hydrogen-bond acceptors (Lipinski definition) is 4. The fourth-order valence-electron chi connectivity index (χ4n) is 2.18. The zero-order valence-electron chi connectivity index (χ0n) is 9.72. The van der Waals surface area contributed by atoms with Crippen molar-refractivity contribution in [2.24, 2.45) is 12.9 Å². The van der Waals surface area contributed by atoms with Crippen molar-refractivity contribution >= 4 is 0 Å². The average molecular weight is 224 g/mol. The number of nitrogens with zero attached hydrogens (tertiary/aromatic N) is 2. The first-order chi connectivity index (χ1) is 7.79. The van der Waals surface area contributed by atoms with Gasteiger partial charge in [0.15, 0.2) is 0 Å². The van der Waals surface area contributed by atoms with E-state index in [0.29, 0.717) is 0 Å². The normalized spacial score (nSPS) is 23.2. The first-order valence-electron chi connectivity index (χ1n) is 5.86.